The molecule has 4 amide bonds. The summed E-state index contributed by atoms with van der Waals surface area (Å²) in [6.07, 6.45) is 1.36. The molecule has 188 valence electrons. The number of hydrogen-bond acceptors (Lipinski definition) is 7. The molecule has 2 aliphatic rings. The van der Waals surface area contributed by atoms with E-state index in [1.807, 2.05) is 0 Å². The number of amides is 4. The molecule has 3 aromatic carbocycles. The number of rotatable bonds is 7. The second kappa shape index (κ2) is 10.0. The molecule has 0 unspecified atom stereocenters. The average Bonchev–Trinajstić information content (AvgIpc) is 3.34. The van der Waals surface area contributed by atoms with E-state index in [2.05, 4.69) is 5.32 Å². The van der Waals surface area contributed by atoms with Gasteiger partial charge in [0.05, 0.1) is 12.3 Å². The van der Waals surface area contributed by atoms with E-state index < -0.39 is 17.8 Å². The zero-order valence-corrected chi connectivity index (χ0v) is 19.7. The molecule has 0 aromatic heterocycles. The number of nitrogens with one attached hydrogen (secondary N) is 1. The van der Waals surface area contributed by atoms with Gasteiger partial charge in [0.2, 0.25) is 6.79 Å². The van der Waals surface area contributed by atoms with E-state index >= 15 is 0 Å². The largest absolute Gasteiger partial charge is 0.490 e. The maximum absolute atomic E-state index is 13.5. The number of nitrogens with zero attached hydrogens (tertiary/aromatic N) is 1. The van der Waals surface area contributed by atoms with Gasteiger partial charge in [-0.2, -0.15) is 0 Å². The van der Waals surface area contributed by atoms with Gasteiger partial charge in [0.15, 0.2) is 23.0 Å². The number of ether oxygens (including phenoxy) is 4. The highest BCUT2D eigenvalue weighted by Gasteiger charge is 2.37. The molecule has 3 aromatic rings. The van der Waals surface area contributed by atoms with Crippen LogP contribution in [0.25, 0.3) is 6.08 Å². The number of anilines is 1. The second-order valence-electron chi connectivity index (χ2n) is 8.05. The maximum atomic E-state index is 13.5. The summed E-state index contributed by atoms with van der Waals surface area (Å²) in [7, 11) is 0. The van der Waals surface area contributed by atoms with E-state index in [0.29, 0.717) is 40.7 Å². The minimum absolute atomic E-state index is 0.0344. The number of urea groups is 1. The van der Waals surface area contributed by atoms with Crippen LogP contribution >= 0.6 is 0 Å². The van der Waals surface area contributed by atoms with Crippen molar-refractivity contribution in [3.8, 4) is 23.0 Å². The predicted molar refractivity (Wildman–Crippen MR) is 130 cm³/mol. The van der Waals surface area contributed by atoms with Crippen molar-refractivity contribution < 1.29 is 37.7 Å². The van der Waals surface area contributed by atoms with Crippen LogP contribution < -0.4 is 29.2 Å². The summed E-state index contributed by atoms with van der Waals surface area (Å²) < 4.78 is 35.6. The molecule has 0 bridgehead atoms. The van der Waals surface area contributed by atoms with Crippen molar-refractivity contribution in [2.75, 3.05) is 18.3 Å². The van der Waals surface area contributed by atoms with Crippen LogP contribution in [-0.4, -0.2) is 31.2 Å². The molecule has 2 heterocycles. The molecule has 0 saturated carbocycles. The van der Waals surface area contributed by atoms with Crippen molar-refractivity contribution in [3.05, 3.63) is 83.2 Å². The van der Waals surface area contributed by atoms with Gasteiger partial charge in [-0.05, 0) is 60.5 Å². The summed E-state index contributed by atoms with van der Waals surface area (Å²) in [5.41, 5.74) is 1.10. The highest BCUT2D eigenvalue weighted by Crippen LogP contribution is 2.36. The minimum atomic E-state index is -0.873. The number of carbonyl (C=O) groups is 3. The molecule has 0 spiro atoms. The van der Waals surface area contributed by atoms with Crippen LogP contribution in [0.5, 0.6) is 23.0 Å². The molecule has 1 N–H and O–H groups in total. The highest BCUT2D eigenvalue weighted by molar-refractivity contribution is 6.39. The fourth-order valence-electron chi connectivity index (χ4n) is 3.87. The summed E-state index contributed by atoms with van der Waals surface area (Å²) in [4.78, 5) is 39.2. The second-order valence-corrected chi connectivity index (χ2v) is 8.05. The summed E-state index contributed by atoms with van der Waals surface area (Å²) in [6.45, 7) is 2.29. The first kappa shape index (κ1) is 23.9. The van der Waals surface area contributed by atoms with Crippen LogP contribution in [0.3, 0.4) is 0 Å². The monoisotopic (exact) mass is 504 g/mol. The molecule has 9 nitrogen and oxygen atoms in total. The molecule has 0 aliphatic carbocycles. The standard InChI is InChI=1S/C27H21FN2O7/c1-2-34-23-12-16(6-8-21(23)35-14-17-4-3-5-18(28)10-17)11-20-25(31)29-27(33)30(26(20)32)19-7-9-22-24(13-19)37-15-36-22/h3-13H,2,14-15H2,1H3,(H,29,31,33)/b20-11+. The minimum Gasteiger partial charge on any atom is -0.490 e. The third kappa shape index (κ3) is 4.94. The van der Waals surface area contributed by atoms with E-state index in [0.717, 1.165) is 4.90 Å². The predicted octanol–water partition coefficient (Wildman–Crippen LogP) is 4.20. The van der Waals surface area contributed by atoms with E-state index in [1.165, 1.54) is 30.3 Å². The number of fused-ring (bicyclic) bond motifs is 1. The lowest BCUT2D eigenvalue weighted by atomic mass is 10.1. The number of benzene rings is 3. The SMILES string of the molecule is CCOc1cc(/C=C2\C(=O)NC(=O)N(c3ccc4c(c3)OCO4)C2=O)ccc1OCc1cccc(F)c1. The Morgan fingerprint density at radius 1 is 0.973 bits per heavy atom. The van der Waals surface area contributed by atoms with Crippen molar-refractivity contribution in [1.82, 2.24) is 5.32 Å². The first-order valence-corrected chi connectivity index (χ1v) is 11.4. The number of hydrogen-bond donors (Lipinski definition) is 1. The van der Waals surface area contributed by atoms with Gasteiger partial charge in [-0.3, -0.25) is 14.9 Å². The van der Waals surface area contributed by atoms with Crippen molar-refractivity contribution in [2.24, 2.45) is 0 Å². The smallest absolute Gasteiger partial charge is 0.335 e. The number of halogens is 1. The topological polar surface area (TPSA) is 103 Å². The van der Waals surface area contributed by atoms with Crippen molar-refractivity contribution in [3.63, 3.8) is 0 Å². The van der Waals surface area contributed by atoms with Crippen LogP contribution in [0.15, 0.2) is 66.2 Å². The van der Waals surface area contributed by atoms with Gasteiger partial charge in [0.25, 0.3) is 11.8 Å². The molecular weight excluding hydrogens is 483 g/mol. The van der Waals surface area contributed by atoms with Crippen LogP contribution in [0.1, 0.15) is 18.1 Å². The van der Waals surface area contributed by atoms with E-state index in [1.54, 1.807) is 43.3 Å². The molecule has 0 atom stereocenters. The summed E-state index contributed by atoms with van der Waals surface area (Å²) >= 11 is 0. The Labute approximate surface area is 211 Å². The van der Waals surface area contributed by atoms with Gasteiger partial charge >= 0.3 is 6.03 Å². The van der Waals surface area contributed by atoms with Gasteiger partial charge in [-0.25, -0.2) is 14.1 Å². The third-order valence-corrected chi connectivity index (χ3v) is 5.58. The van der Waals surface area contributed by atoms with Gasteiger partial charge in [-0.15, -0.1) is 0 Å². The number of carbonyl (C=O) groups excluding carboxylic acids is 3. The van der Waals surface area contributed by atoms with E-state index in [9.17, 15) is 18.8 Å². The molecule has 0 radical (unpaired) electrons. The zero-order valence-electron chi connectivity index (χ0n) is 19.7. The lowest BCUT2D eigenvalue weighted by molar-refractivity contribution is -0.122. The molecule has 5 rings (SSSR count). The Hall–Kier alpha value is -4.86. The Morgan fingerprint density at radius 3 is 2.62 bits per heavy atom. The van der Waals surface area contributed by atoms with Crippen LogP contribution in [0, 0.1) is 5.82 Å². The number of imide groups is 2. The zero-order chi connectivity index (χ0) is 25.9. The first-order chi connectivity index (χ1) is 17.9. The average molecular weight is 504 g/mol. The Morgan fingerprint density at radius 2 is 1.81 bits per heavy atom. The van der Waals surface area contributed by atoms with Gasteiger partial charge in [-0.1, -0.05) is 18.2 Å². The third-order valence-electron chi connectivity index (χ3n) is 5.58. The molecule has 1 saturated heterocycles. The van der Waals surface area contributed by atoms with Crippen LogP contribution in [-0.2, 0) is 16.2 Å². The Kier molecular flexibility index (Phi) is 6.46. The summed E-state index contributed by atoms with van der Waals surface area (Å²) in [6, 6.07) is 14.7. The van der Waals surface area contributed by atoms with Crippen LogP contribution in [0.2, 0.25) is 0 Å². The fourth-order valence-corrected chi connectivity index (χ4v) is 3.87. The quantitative estimate of drug-likeness (QED) is 0.380. The Balaban J connectivity index is 1.41. The maximum Gasteiger partial charge on any atom is 0.335 e. The number of barbiturate groups is 1. The summed E-state index contributed by atoms with van der Waals surface area (Å²) in [5, 5.41) is 2.19. The molecule has 10 heteroatoms. The molecular formula is C27H21FN2O7. The van der Waals surface area contributed by atoms with Gasteiger partial charge in [0, 0.05) is 6.07 Å². The fraction of sp³-hybridized carbons (Fsp3) is 0.148. The van der Waals surface area contributed by atoms with E-state index in [4.69, 9.17) is 18.9 Å². The van der Waals surface area contributed by atoms with Crippen molar-refractivity contribution in [2.45, 2.75) is 13.5 Å². The lowest BCUT2D eigenvalue weighted by Gasteiger charge is -2.26. The van der Waals surface area contributed by atoms with Crippen molar-refractivity contribution >= 4 is 29.6 Å². The van der Waals surface area contributed by atoms with Gasteiger partial charge in [0.1, 0.15) is 18.0 Å². The van der Waals surface area contributed by atoms with Crippen LogP contribution in [0.4, 0.5) is 14.9 Å². The van der Waals surface area contributed by atoms with E-state index in [-0.39, 0.29) is 30.5 Å². The molecule has 1 fully saturated rings. The lowest BCUT2D eigenvalue weighted by Crippen LogP contribution is -2.54. The molecule has 2 aliphatic heterocycles. The first-order valence-electron chi connectivity index (χ1n) is 11.4. The van der Waals surface area contributed by atoms with Gasteiger partial charge < -0.3 is 18.9 Å². The Bertz CT molecular complexity index is 1440. The summed E-state index contributed by atoms with van der Waals surface area (Å²) in [5.74, 6) is -0.324. The van der Waals surface area contributed by atoms with Crippen molar-refractivity contribution in [1.29, 1.82) is 0 Å². The molecule has 37 heavy (non-hydrogen) atoms. The normalized spacial score (nSPS) is 15.7. The highest BCUT2D eigenvalue weighted by atomic mass is 19.1.